The van der Waals surface area contributed by atoms with E-state index >= 15 is 0 Å². The minimum atomic E-state index is -4.37. The van der Waals surface area contributed by atoms with E-state index < -0.39 is 11.7 Å². The number of benzene rings is 1. The normalized spacial score (nSPS) is 10.6. The van der Waals surface area contributed by atoms with E-state index in [-0.39, 0.29) is 10.6 Å². The van der Waals surface area contributed by atoms with Crippen LogP contribution in [0.2, 0.25) is 0 Å². The van der Waals surface area contributed by atoms with Crippen LogP contribution in [-0.4, -0.2) is 11.2 Å². The minimum Gasteiger partial charge on any atom is -0.389 e. The zero-order chi connectivity index (χ0) is 14.3. The smallest absolute Gasteiger partial charge is 0.389 e. The van der Waals surface area contributed by atoms with Gasteiger partial charge >= 0.3 is 6.18 Å². The molecule has 0 radical (unpaired) electrons. The van der Waals surface area contributed by atoms with Gasteiger partial charge < -0.3 is 5.73 Å². The molecule has 0 aliphatic carbocycles. The Morgan fingerprint density at radius 1 is 1.28 bits per heavy atom. The maximum atomic E-state index is 12.5. The molecular weight excluding hydrogens is 279 g/mol. The van der Waals surface area contributed by atoms with Crippen LogP contribution in [-0.2, 0) is 6.18 Å². The zero-order valence-electron chi connectivity index (χ0n) is 10.5. The quantitative estimate of drug-likeness (QED) is 0.643. The molecular formula is C12H16F3NS2. The Labute approximate surface area is 115 Å². The van der Waals surface area contributed by atoms with Crippen molar-refractivity contribution in [1.29, 1.82) is 0 Å². The Morgan fingerprint density at radius 3 is 2.11 bits per heavy atom. The lowest BCUT2D eigenvalue weighted by atomic mass is 10.1. The van der Waals surface area contributed by atoms with Crippen LogP contribution >= 0.6 is 24.0 Å². The number of thiocarbonyl (C=S) groups is 1. The molecule has 0 heterocycles. The van der Waals surface area contributed by atoms with Crippen molar-refractivity contribution >= 4 is 29.0 Å². The van der Waals surface area contributed by atoms with Gasteiger partial charge in [-0.15, -0.1) is 11.8 Å². The van der Waals surface area contributed by atoms with E-state index in [1.165, 1.54) is 18.2 Å². The van der Waals surface area contributed by atoms with Gasteiger partial charge in [-0.05, 0) is 24.5 Å². The van der Waals surface area contributed by atoms with Crippen molar-refractivity contribution in [3.8, 4) is 0 Å². The van der Waals surface area contributed by atoms with Crippen LogP contribution in [0.1, 0.15) is 31.4 Å². The van der Waals surface area contributed by atoms with Gasteiger partial charge in [0.05, 0.1) is 5.56 Å². The first-order valence-corrected chi connectivity index (χ1v) is 6.95. The molecule has 0 saturated heterocycles. The lowest BCUT2D eigenvalue weighted by molar-refractivity contribution is -0.137. The number of alkyl halides is 3. The van der Waals surface area contributed by atoms with Gasteiger partial charge in [-0.25, -0.2) is 0 Å². The topological polar surface area (TPSA) is 26.0 Å². The summed E-state index contributed by atoms with van der Waals surface area (Å²) in [7, 11) is 0. The van der Waals surface area contributed by atoms with Crippen molar-refractivity contribution < 1.29 is 13.2 Å². The maximum Gasteiger partial charge on any atom is 0.416 e. The number of hydrogen-bond acceptors (Lipinski definition) is 2. The van der Waals surface area contributed by atoms with Gasteiger partial charge in [0, 0.05) is 10.5 Å². The van der Waals surface area contributed by atoms with Crippen LogP contribution < -0.4 is 5.73 Å². The van der Waals surface area contributed by atoms with Gasteiger partial charge in [0.25, 0.3) is 0 Å². The highest BCUT2D eigenvalue weighted by Gasteiger charge is 2.31. The number of thioether (sulfide) groups is 1. The van der Waals surface area contributed by atoms with Crippen LogP contribution in [0.5, 0.6) is 0 Å². The average molecular weight is 295 g/mol. The fourth-order valence-corrected chi connectivity index (χ4v) is 1.63. The third-order valence-corrected chi connectivity index (χ3v) is 2.70. The molecule has 6 heteroatoms. The van der Waals surface area contributed by atoms with E-state index in [0.717, 1.165) is 12.1 Å². The van der Waals surface area contributed by atoms with Gasteiger partial charge in [0.1, 0.15) is 4.99 Å². The van der Waals surface area contributed by atoms with Crippen LogP contribution in [0.15, 0.2) is 23.1 Å². The molecule has 0 aliphatic rings. The highest BCUT2D eigenvalue weighted by atomic mass is 32.2. The maximum absolute atomic E-state index is 12.5. The van der Waals surface area contributed by atoms with Gasteiger partial charge in [-0.1, -0.05) is 32.5 Å². The second kappa shape index (κ2) is 7.63. The Balaban J connectivity index is 0.000000873. The highest BCUT2D eigenvalue weighted by molar-refractivity contribution is 7.98. The van der Waals surface area contributed by atoms with Gasteiger partial charge in [0.15, 0.2) is 0 Å². The molecule has 0 aliphatic heterocycles. The van der Waals surface area contributed by atoms with Crippen LogP contribution in [0.4, 0.5) is 13.2 Å². The van der Waals surface area contributed by atoms with E-state index in [2.05, 4.69) is 26.1 Å². The summed E-state index contributed by atoms with van der Waals surface area (Å²) < 4.78 is 37.4. The minimum absolute atomic E-state index is 0.0311. The number of halogens is 3. The van der Waals surface area contributed by atoms with E-state index in [1.54, 1.807) is 12.3 Å². The summed E-state index contributed by atoms with van der Waals surface area (Å²) in [5, 5.41) is 0. The summed E-state index contributed by atoms with van der Waals surface area (Å²) in [6.07, 6.45) is -1.43. The first kappa shape index (κ1) is 17.2. The number of hydrogen-bond donors (Lipinski definition) is 1. The Hall–Kier alpha value is -0.750. The molecule has 18 heavy (non-hydrogen) atoms. The van der Waals surface area contributed by atoms with Crippen LogP contribution in [0.3, 0.4) is 0 Å². The van der Waals surface area contributed by atoms with Gasteiger partial charge in [0.2, 0.25) is 0 Å². The first-order valence-electron chi connectivity index (χ1n) is 5.32. The van der Waals surface area contributed by atoms with Crippen molar-refractivity contribution in [3.63, 3.8) is 0 Å². The van der Waals surface area contributed by atoms with Crippen molar-refractivity contribution in [2.45, 2.75) is 31.3 Å². The SMILES string of the molecule is CCC.CSc1cc(C(N)=S)cc(C(F)(F)F)c1. The summed E-state index contributed by atoms with van der Waals surface area (Å²) in [5.74, 6) is 0. The predicted molar refractivity (Wildman–Crippen MR) is 75.1 cm³/mol. The molecule has 102 valence electrons. The van der Waals surface area contributed by atoms with Crippen LogP contribution in [0.25, 0.3) is 0 Å². The number of rotatable bonds is 2. The fourth-order valence-electron chi connectivity index (χ4n) is 1.02. The standard InChI is InChI=1S/C9H8F3NS2.C3H8/c1-15-7-3-5(8(13)14)2-6(4-7)9(10,11)12;1-3-2/h2-4H,1H3,(H2,13,14);3H2,1-2H3. The van der Waals surface area contributed by atoms with Crippen molar-refractivity contribution in [1.82, 2.24) is 0 Å². The second-order valence-electron chi connectivity index (χ2n) is 3.52. The third kappa shape index (κ3) is 5.73. The van der Waals surface area contributed by atoms with Gasteiger partial charge in [-0.3, -0.25) is 0 Å². The Bertz CT molecular complexity index is 403. The molecule has 0 atom stereocenters. The summed E-state index contributed by atoms with van der Waals surface area (Å²) in [6, 6.07) is 3.58. The second-order valence-corrected chi connectivity index (χ2v) is 4.84. The molecule has 0 spiro atoms. The molecule has 0 bridgehead atoms. The molecule has 0 saturated carbocycles. The monoisotopic (exact) mass is 295 g/mol. The van der Waals surface area contributed by atoms with Gasteiger partial charge in [-0.2, -0.15) is 13.2 Å². The Morgan fingerprint density at radius 2 is 1.78 bits per heavy atom. The first-order chi connectivity index (χ1) is 8.26. The summed E-state index contributed by atoms with van der Waals surface area (Å²) >= 11 is 5.87. The molecule has 2 N–H and O–H groups in total. The average Bonchev–Trinajstić information content (AvgIpc) is 2.28. The fraction of sp³-hybridized carbons (Fsp3) is 0.417. The number of nitrogens with two attached hydrogens (primary N) is 1. The Kier molecular flexibility index (Phi) is 7.32. The summed E-state index contributed by atoms with van der Waals surface area (Å²) in [5.41, 5.74) is 4.82. The van der Waals surface area contributed by atoms with Crippen molar-refractivity contribution in [2.24, 2.45) is 5.73 Å². The van der Waals surface area contributed by atoms with E-state index in [4.69, 9.17) is 5.73 Å². The molecule has 0 amide bonds. The van der Waals surface area contributed by atoms with Crippen LogP contribution in [0, 0.1) is 0 Å². The van der Waals surface area contributed by atoms with E-state index in [9.17, 15) is 13.2 Å². The van der Waals surface area contributed by atoms with E-state index in [1.807, 2.05) is 0 Å². The lowest BCUT2D eigenvalue weighted by Gasteiger charge is -2.10. The molecule has 1 aromatic rings. The molecule has 0 unspecified atom stereocenters. The zero-order valence-corrected chi connectivity index (χ0v) is 12.1. The molecule has 0 fully saturated rings. The highest BCUT2D eigenvalue weighted by Crippen LogP contribution is 2.32. The lowest BCUT2D eigenvalue weighted by Crippen LogP contribution is -2.12. The van der Waals surface area contributed by atoms with Crippen molar-refractivity contribution in [2.75, 3.05) is 6.26 Å². The van der Waals surface area contributed by atoms with E-state index in [0.29, 0.717) is 4.90 Å². The molecule has 0 aromatic heterocycles. The predicted octanol–water partition coefficient (Wildman–Crippen LogP) is 4.48. The molecule has 1 nitrogen and oxygen atoms in total. The molecule has 1 aromatic carbocycles. The molecule has 1 rings (SSSR count). The summed E-state index contributed by atoms with van der Waals surface area (Å²) in [6.45, 7) is 4.25. The summed E-state index contributed by atoms with van der Waals surface area (Å²) in [4.78, 5) is 0.462. The third-order valence-electron chi connectivity index (χ3n) is 1.75. The largest absolute Gasteiger partial charge is 0.416 e. The van der Waals surface area contributed by atoms with Crippen molar-refractivity contribution in [3.05, 3.63) is 29.3 Å².